The highest BCUT2D eigenvalue weighted by Crippen LogP contribution is 2.40. The van der Waals surface area contributed by atoms with Gasteiger partial charge < -0.3 is 34.6 Å². The summed E-state index contributed by atoms with van der Waals surface area (Å²) in [6, 6.07) is 15.9. The van der Waals surface area contributed by atoms with Crippen LogP contribution in [-0.2, 0) is 6.54 Å². The topological polar surface area (TPSA) is 90.2 Å². The molecule has 1 heterocycles. The summed E-state index contributed by atoms with van der Waals surface area (Å²) in [5.41, 5.74) is 4.53. The second-order valence-electron chi connectivity index (χ2n) is 13.2. The normalized spacial score (nSPS) is 11.8. The Morgan fingerprint density at radius 3 is 2.33 bits per heavy atom. The van der Waals surface area contributed by atoms with Gasteiger partial charge in [0.15, 0.2) is 0 Å². The number of fused-ring (bicyclic) bond motifs is 1. The van der Waals surface area contributed by atoms with Gasteiger partial charge in [0.05, 0.1) is 0 Å². The highest BCUT2D eigenvalue weighted by molar-refractivity contribution is 6.05. The second kappa shape index (κ2) is 21.0. The molecule has 52 heavy (non-hydrogen) atoms. The first-order valence-corrected chi connectivity index (χ1v) is 19.1. The number of nitrogens with one attached hydrogen (secondary N) is 1. The van der Waals surface area contributed by atoms with Gasteiger partial charge in [-0.3, -0.25) is 4.79 Å². The quantitative estimate of drug-likeness (QED) is 0.0897. The maximum Gasteiger partial charge on any atom is 0.255 e. The lowest BCUT2D eigenvalue weighted by Gasteiger charge is -2.23. The Morgan fingerprint density at radius 2 is 1.67 bits per heavy atom. The van der Waals surface area contributed by atoms with Crippen LogP contribution in [0.5, 0.6) is 23.0 Å². The summed E-state index contributed by atoms with van der Waals surface area (Å²) in [5.74, 6) is 1.21. The smallest absolute Gasteiger partial charge is 0.255 e. The largest absolute Gasteiger partial charge is 0.506 e. The average molecular weight is 711 g/mol. The van der Waals surface area contributed by atoms with Crippen LogP contribution < -0.4 is 15.0 Å². The summed E-state index contributed by atoms with van der Waals surface area (Å²) in [7, 11) is 0. The van der Waals surface area contributed by atoms with E-state index in [0.717, 1.165) is 50.2 Å². The van der Waals surface area contributed by atoms with Gasteiger partial charge in [-0.25, -0.2) is 0 Å². The first-order chi connectivity index (χ1) is 25.1. The van der Waals surface area contributed by atoms with E-state index in [1.165, 1.54) is 60.9 Å². The van der Waals surface area contributed by atoms with E-state index in [4.69, 9.17) is 4.74 Å². The van der Waals surface area contributed by atoms with Gasteiger partial charge in [0.1, 0.15) is 28.7 Å². The molecule has 1 aromatic heterocycles. The number of carbonyl (C=O) groups is 1. The van der Waals surface area contributed by atoms with Crippen LogP contribution in [0.4, 0.5) is 11.4 Å². The number of benzene rings is 3. The van der Waals surface area contributed by atoms with Crippen LogP contribution in [0.3, 0.4) is 0 Å². The molecule has 282 valence electrons. The van der Waals surface area contributed by atoms with Crippen molar-refractivity contribution in [2.45, 2.75) is 100 Å². The summed E-state index contributed by atoms with van der Waals surface area (Å²) >= 11 is 0. The summed E-state index contributed by atoms with van der Waals surface area (Å²) in [4.78, 5) is 17.4. The van der Waals surface area contributed by atoms with Crippen molar-refractivity contribution in [3.8, 4) is 23.0 Å². The van der Waals surface area contributed by atoms with Crippen LogP contribution in [0.25, 0.3) is 10.9 Å². The highest BCUT2D eigenvalue weighted by Gasteiger charge is 2.17. The monoisotopic (exact) mass is 710 g/mol. The number of ether oxygens (including phenoxy) is 1. The van der Waals surface area contributed by atoms with E-state index in [1.807, 2.05) is 32.1 Å². The van der Waals surface area contributed by atoms with Crippen LogP contribution in [0, 0.1) is 19.8 Å². The Kier molecular flexibility index (Phi) is 16.8. The SMILES string of the molecule is C=CN(/C=C\CCC)c1c(O)cc(NC(=O)c2cccc(Oc3ccc4c(c3)c(C)c(C)n4CCCN(CCC)CCC(C)CC)c2)cc1O.CC. The molecule has 3 N–H and O–H groups in total. The molecule has 0 aliphatic carbocycles. The lowest BCUT2D eigenvalue weighted by atomic mass is 10.1. The van der Waals surface area contributed by atoms with Crippen molar-refractivity contribution >= 4 is 28.2 Å². The molecule has 4 rings (SSSR count). The zero-order valence-electron chi connectivity index (χ0n) is 32.8. The number of hydrogen-bond acceptors (Lipinski definition) is 6. The van der Waals surface area contributed by atoms with Gasteiger partial charge in [0.2, 0.25) is 0 Å². The van der Waals surface area contributed by atoms with Crippen molar-refractivity contribution in [1.82, 2.24) is 9.47 Å². The maximum absolute atomic E-state index is 13.2. The van der Waals surface area contributed by atoms with Gasteiger partial charge in [-0.15, -0.1) is 0 Å². The van der Waals surface area contributed by atoms with Crippen molar-refractivity contribution < 1.29 is 19.7 Å². The number of aryl methyl sites for hydroxylation is 2. The molecule has 0 saturated carbocycles. The molecule has 0 radical (unpaired) electrons. The van der Waals surface area contributed by atoms with Gasteiger partial charge in [-0.2, -0.15) is 0 Å². The van der Waals surface area contributed by atoms with E-state index in [2.05, 4.69) is 75.0 Å². The number of aromatic hydroxyl groups is 2. The highest BCUT2D eigenvalue weighted by atomic mass is 16.5. The third-order valence-electron chi connectivity index (χ3n) is 9.48. The standard InChI is InChI=1S/C42H56N4O4.C2H6/c1-8-12-13-23-45(11-4)41-39(47)27-34(28-40(41)48)43-42(49)33-16-14-17-35(26-33)50-36-18-19-38-37(29-36)31(6)32(7)46(38)24-15-22-44(21-9-2)25-20-30(5)10-3;1-2/h11,13-14,16-19,23,26-30,47-48H,4,8-10,12,15,20-22,24-25H2,1-3,5-7H3,(H,43,49);1-2H3/b23-13-;. The van der Waals surface area contributed by atoms with Crippen LogP contribution in [0.2, 0.25) is 0 Å². The lowest BCUT2D eigenvalue weighted by molar-refractivity contribution is 0.102. The molecular weight excluding hydrogens is 649 g/mol. The fourth-order valence-electron chi connectivity index (χ4n) is 6.25. The van der Waals surface area contributed by atoms with Crippen LogP contribution in [0.1, 0.15) is 102 Å². The van der Waals surface area contributed by atoms with Gasteiger partial charge in [-0.05, 0) is 107 Å². The molecular formula is C44H62N4O4. The Balaban J connectivity index is 0.00000358. The minimum Gasteiger partial charge on any atom is -0.506 e. The number of carbonyl (C=O) groups excluding carboxylic acids is 1. The minimum absolute atomic E-state index is 0.185. The predicted molar refractivity (Wildman–Crippen MR) is 219 cm³/mol. The summed E-state index contributed by atoms with van der Waals surface area (Å²) in [6.45, 7) is 25.5. The molecule has 0 fully saturated rings. The molecule has 0 aliphatic rings. The number of nitrogens with zero attached hydrogens (tertiary/aromatic N) is 3. The number of anilines is 2. The van der Waals surface area contributed by atoms with Gasteiger partial charge in [0.25, 0.3) is 5.91 Å². The van der Waals surface area contributed by atoms with E-state index >= 15 is 0 Å². The zero-order valence-corrected chi connectivity index (χ0v) is 32.8. The van der Waals surface area contributed by atoms with Crippen molar-refractivity contribution in [1.29, 1.82) is 0 Å². The number of aromatic nitrogens is 1. The molecule has 3 aromatic carbocycles. The van der Waals surface area contributed by atoms with E-state index in [1.54, 1.807) is 29.3 Å². The number of hydrogen-bond donors (Lipinski definition) is 3. The number of unbranched alkanes of at least 4 members (excludes halogenated alkanes) is 1. The van der Waals surface area contributed by atoms with E-state index in [9.17, 15) is 15.0 Å². The van der Waals surface area contributed by atoms with Gasteiger partial charge >= 0.3 is 0 Å². The molecule has 4 aromatic rings. The van der Waals surface area contributed by atoms with Gasteiger partial charge in [0, 0.05) is 58.9 Å². The molecule has 1 unspecified atom stereocenters. The first kappa shape index (κ1) is 41.7. The number of amides is 1. The Bertz CT molecular complexity index is 1750. The first-order valence-electron chi connectivity index (χ1n) is 19.1. The van der Waals surface area contributed by atoms with Crippen molar-refractivity contribution in [3.05, 3.63) is 96.5 Å². The van der Waals surface area contributed by atoms with E-state index in [0.29, 0.717) is 17.1 Å². The van der Waals surface area contributed by atoms with Crippen molar-refractivity contribution in [3.63, 3.8) is 0 Å². The third-order valence-corrected chi connectivity index (χ3v) is 9.48. The number of phenols is 2. The zero-order chi connectivity index (χ0) is 38.2. The maximum atomic E-state index is 13.2. The van der Waals surface area contributed by atoms with Crippen molar-refractivity contribution in [2.24, 2.45) is 5.92 Å². The molecule has 0 bridgehead atoms. The molecule has 1 atom stereocenters. The minimum atomic E-state index is -0.401. The second-order valence-corrected chi connectivity index (χ2v) is 13.2. The molecule has 0 spiro atoms. The number of phenolic OH excluding ortho intramolecular Hbond substituents is 2. The fourth-order valence-corrected chi connectivity index (χ4v) is 6.25. The molecule has 0 aliphatic heterocycles. The number of allylic oxidation sites excluding steroid dienone is 1. The predicted octanol–water partition coefficient (Wildman–Crippen LogP) is 11.5. The Labute approximate surface area is 312 Å². The summed E-state index contributed by atoms with van der Waals surface area (Å²) in [6.07, 6.45) is 11.8. The molecule has 1 amide bonds. The van der Waals surface area contributed by atoms with Crippen LogP contribution in [0.15, 0.2) is 79.7 Å². The molecule has 8 nitrogen and oxygen atoms in total. The Hall–Kier alpha value is -4.69. The average Bonchev–Trinajstić information content (AvgIpc) is 3.37. The molecule has 0 saturated heterocycles. The Morgan fingerprint density at radius 1 is 0.962 bits per heavy atom. The lowest BCUT2D eigenvalue weighted by Crippen LogP contribution is -2.28. The van der Waals surface area contributed by atoms with Crippen molar-refractivity contribution in [2.75, 3.05) is 29.9 Å². The van der Waals surface area contributed by atoms with E-state index < -0.39 is 5.91 Å². The van der Waals surface area contributed by atoms with Crippen LogP contribution in [-0.4, -0.2) is 45.2 Å². The summed E-state index contributed by atoms with van der Waals surface area (Å²) < 4.78 is 8.69. The summed E-state index contributed by atoms with van der Waals surface area (Å²) in [5, 5.41) is 25.3. The van der Waals surface area contributed by atoms with Gasteiger partial charge in [-0.1, -0.05) is 73.1 Å². The third kappa shape index (κ3) is 11.2. The van der Waals surface area contributed by atoms with E-state index in [-0.39, 0.29) is 22.9 Å². The fraction of sp³-hybridized carbons (Fsp3) is 0.432. The number of rotatable bonds is 19. The van der Waals surface area contributed by atoms with Crippen LogP contribution >= 0.6 is 0 Å². The molecule has 8 heteroatoms.